The van der Waals surface area contributed by atoms with Gasteiger partial charge in [0.1, 0.15) is 0 Å². The number of nitrogens with one attached hydrogen (secondary N) is 1. The van der Waals surface area contributed by atoms with Crippen LogP contribution in [0.1, 0.15) is 23.5 Å². The molecule has 1 unspecified atom stereocenters. The SMILES string of the molecule is CN(C)CCC(c1ccccc1)c1c[nH]c2cccc(Cl)c12. The van der Waals surface area contributed by atoms with Crippen molar-refractivity contribution in [1.82, 2.24) is 9.88 Å². The van der Waals surface area contributed by atoms with Gasteiger partial charge in [-0.1, -0.05) is 48.0 Å². The van der Waals surface area contributed by atoms with E-state index in [1.54, 1.807) is 0 Å². The van der Waals surface area contributed by atoms with Crippen LogP contribution in [0.3, 0.4) is 0 Å². The Morgan fingerprint density at radius 1 is 1.05 bits per heavy atom. The zero-order valence-corrected chi connectivity index (χ0v) is 13.8. The van der Waals surface area contributed by atoms with Crippen molar-refractivity contribution in [3.05, 3.63) is 70.9 Å². The van der Waals surface area contributed by atoms with Crippen LogP contribution in [0.25, 0.3) is 10.9 Å². The molecule has 1 aromatic heterocycles. The van der Waals surface area contributed by atoms with Gasteiger partial charge < -0.3 is 9.88 Å². The second-order valence-electron chi connectivity index (χ2n) is 5.96. The summed E-state index contributed by atoms with van der Waals surface area (Å²) in [7, 11) is 4.23. The van der Waals surface area contributed by atoms with E-state index in [2.05, 4.69) is 66.6 Å². The molecule has 22 heavy (non-hydrogen) atoms. The van der Waals surface area contributed by atoms with Gasteiger partial charge in [0.05, 0.1) is 5.02 Å². The predicted molar refractivity (Wildman–Crippen MR) is 94.8 cm³/mol. The highest BCUT2D eigenvalue weighted by Crippen LogP contribution is 2.36. The van der Waals surface area contributed by atoms with Crippen LogP contribution in [0.15, 0.2) is 54.7 Å². The molecule has 0 fully saturated rings. The van der Waals surface area contributed by atoms with E-state index in [-0.39, 0.29) is 0 Å². The maximum atomic E-state index is 6.47. The summed E-state index contributed by atoms with van der Waals surface area (Å²) in [6, 6.07) is 16.7. The van der Waals surface area contributed by atoms with Crippen molar-refractivity contribution < 1.29 is 0 Å². The first kappa shape index (κ1) is 15.1. The summed E-state index contributed by atoms with van der Waals surface area (Å²) in [6.45, 7) is 1.04. The molecule has 1 atom stereocenters. The highest BCUT2D eigenvalue weighted by Gasteiger charge is 2.19. The first-order valence-electron chi connectivity index (χ1n) is 7.62. The lowest BCUT2D eigenvalue weighted by atomic mass is 9.88. The van der Waals surface area contributed by atoms with Gasteiger partial charge in [0, 0.05) is 23.0 Å². The Morgan fingerprint density at radius 3 is 2.55 bits per heavy atom. The lowest BCUT2D eigenvalue weighted by Crippen LogP contribution is -2.16. The molecule has 3 aromatic rings. The topological polar surface area (TPSA) is 19.0 Å². The molecule has 1 N–H and O–H groups in total. The van der Waals surface area contributed by atoms with E-state index < -0.39 is 0 Å². The molecule has 2 nitrogen and oxygen atoms in total. The zero-order chi connectivity index (χ0) is 15.5. The van der Waals surface area contributed by atoms with E-state index in [0.29, 0.717) is 5.92 Å². The van der Waals surface area contributed by atoms with Gasteiger partial charge in [-0.05, 0) is 50.3 Å². The standard InChI is InChI=1S/C19H21ClN2/c1-22(2)12-11-15(14-7-4-3-5-8-14)16-13-21-18-10-6-9-17(20)19(16)18/h3-10,13,15,21H,11-12H2,1-2H3. The van der Waals surface area contributed by atoms with E-state index in [4.69, 9.17) is 11.6 Å². The predicted octanol–water partition coefficient (Wildman–Crippen LogP) is 4.90. The van der Waals surface area contributed by atoms with E-state index in [0.717, 1.165) is 28.9 Å². The fourth-order valence-corrected chi connectivity index (χ4v) is 3.30. The summed E-state index contributed by atoms with van der Waals surface area (Å²) in [6.07, 6.45) is 3.18. The molecule has 0 saturated heterocycles. The molecule has 0 bridgehead atoms. The fourth-order valence-electron chi connectivity index (χ4n) is 3.01. The molecule has 2 aromatic carbocycles. The molecule has 114 valence electrons. The maximum Gasteiger partial charge on any atom is 0.0502 e. The molecule has 0 aliphatic carbocycles. The van der Waals surface area contributed by atoms with Crippen LogP contribution in [-0.2, 0) is 0 Å². The molecule has 3 rings (SSSR count). The lowest BCUT2D eigenvalue weighted by Gasteiger charge is -2.20. The van der Waals surface area contributed by atoms with Crippen LogP contribution in [0.5, 0.6) is 0 Å². The first-order valence-corrected chi connectivity index (χ1v) is 8.00. The number of aromatic nitrogens is 1. The van der Waals surface area contributed by atoms with Gasteiger partial charge in [-0.2, -0.15) is 0 Å². The molecular weight excluding hydrogens is 292 g/mol. The summed E-state index contributed by atoms with van der Waals surface area (Å²) >= 11 is 6.47. The van der Waals surface area contributed by atoms with Crippen LogP contribution in [0, 0.1) is 0 Å². The van der Waals surface area contributed by atoms with E-state index in [1.807, 2.05) is 12.1 Å². The van der Waals surface area contributed by atoms with Crippen molar-refractivity contribution in [2.24, 2.45) is 0 Å². The monoisotopic (exact) mass is 312 g/mol. The van der Waals surface area contributed by atoms with Crippen LogP contribution < -0.4 is 0 Å². The van der Waals surface area contributed by atoms with Crippen molar-refractivity contribution >= 4 is 22.5 Å². The number of nitrogens with zero attached hydrogens (tertiary/aromatic N) is 1. The molecule has 0 aliphatic rings. The Bertz CT molecular complexity index is 746. The summed E-state index contributed by atoms with van der Waals surface area (Å²) in [4.78, 5) is 5.60. The van der Waals surface area contributed by atoms with Gasteiger partial charge in [-0.3, -0.25) is 0 Å². The van der Waals surface area contributed by atoms with Crippen LogP contribution >= 0.6 is 11.6 Å². The second-order valence-corrected chi connectivity index (χ2v) is 6.37. The molecule has 0 spiro atoms. The highest BCUT2D eigenvalue weighted by molar-refractivity contribution is 6.35. The first-order chi connectivity index (χ1) is 10.7. The highest BCUT2D eigenvalue weighted by atomic mass is 35.5. The number of H-pyrrole nitrogens is 1. The van der Waals surface area contributed by atoms with E-state index >= 15 is 0 Å². The van der Waals surface area contributed by atoms with Gasteiger partial charge >= 0.3 is 0 Å². The van der Waals surface area contributed by atoms with Gasteiger partial charge in [0.25, 0.3) is 0 Å². The molecule has 3 heteroatoms. The third kappa shape index (κ3) is 3.03. The minimum Gasteiger partial charge on any atom is -0.361 e. The Labute approximate surface area is 136 Å². The minimum absolute atomic E-state index is 0.345. The van der Waals surface area contributed by atoms with Crippen molar-refractivity contribution in [3.63, 3.8) is 0 Å². The summed E-state index contributed by atoms with van der Waals surface area (Å²) in [5, 5.41) is 1.97. The number of hydrogen-bond donors (Lipinski definition) is 1. The Balaban J connectivity index is 2.08. The number of aromatic amines is 1. The number of benzene rings is 2. The maximum absolute atomic E-state index is 6.47. The van der Waals surface area contributed by atoms with E-state index in [9.17, 15) is 0 Å². The van der Waals surface area contributed by atoms with Crippen molar-refractivity contribution in [3.8, 4) is 0 Å². The summed E-state index contributed by atoms with van der Waals surface area (Å²) < 4.78 is 0. The van der Waals surface area contributed by atoms with Crippen molar-refractivity contribution in [2.75, 3.05) is 20.6 Å². The molecule has 1 heterocycles. The van der Waals surface area contributed by atoms with Gasteiger partial charge in [-0.25, -0.2) is 0 Å². The third-order valence-electron chi connectivity index (χ3n) is 4.13. The number of halogens is 1. The zero-order valence-electron chi connectivity index (χ0n) is 13.0. The van der Waals surface area contributed by atoms with Gasteiger partial charge in [0.15, 0.2) is 0 Å². The number of hydrogen-bond acceptors (Lipinski definition) is 1. The second kappa shape index (κ2) is 6.55. The number of fused-ring (bicyclic) bond motifs is 1. The quantitative estimate of drug-likeness (QED) is 0.709. The summed E-state index contributed by atoms with van der Waals surface area (Å²) in [5.74, 6) is 0.345. The Hall–Kier alpha value is -1.77. The smallest absolute Gasteiger partial charge is 0.0502 e. The average Bonchev–Trinajstić information content (AvgIpc) is 2.94. The van der Waals surface area contributed by atoms with Crippen LogP contribution in [0.4, 0.5) is 0 Å². The Morgan fingerprint density at radius 2 is 1.82 bits per heavy atom. The fraction of sp³-hybridized carbons (Fsp3) is 0.263. The molecule has 0 aliphatic heterocycles. The van der Waals surface area contributed by atoms with E-state index in [1.165, 1.54) is 11.1 Å². The minimum atomic E-state index is 0.345. The third-order valence-corrected chi connectivity index (χ3v) is 4.44. The molecular formula is C19H21ClN2. The Kier molecular flexibility index (Phi) is 4.51. The van der Waals surface area contributed by atoms with Crippen LogP contribution in [-0.4, -0.2) is 30.5 Å². The van der Waals surface area contributed by atoms with Gasteiger partial charge in [0.2, 0.25) is 0 Å². The summed E-state index contributed by atoms with van der Waals surface area (Å²) in [5.41, 5.74) is 3.73. The average molecular weight is 313 g/mol. The molecule has 0 amide bonds. The normalized spacial score (nSPS) is 12.9. The van der Waals surface area contributed by atoms with Gasteiger partial charge in [-0.15, -0.1) is 0 Å². The van der Waals surface area contributed by atoms with Crippen LogP contribution in [0.2, 0.25) is 5.02 Å². The molecule has 0 radical (unpaired) electrons. The largest absolute Gasteiger partial charge is 0.361 e. The van der Waals surface area contributed by atoms with Crippen molar-refractivity contribution in [1.29, 1.82) is 0 Å². The lowest BCUT2D eigenvalue weighted by molar-refractivity contribution is 0.391. The number of rotatable bonds is 5. The van der Waals surface area contributed by atoms with Crippen molar-refractivity contribution in [2.45, 2.75) is 12.3 Å². The molecule has 0 saturated carbocycles.